The summed E-state index contributed by atoms with van der Waals surface area (Å²) in [7, 11) is 0. The highest BCUT2D eigenvalue weighted by molar-refractivity contribution is 6.42. The molecule has 1 saturated heterocycles. The predicted octanol–water partition coefficient (Wildman–Crippen LogP) is 4.46. The summed E-state index contributed by atoms with van der Waals surface area (Å²) in [5.41, 5.74) is 6.91. The maximum Gasteiger partial charge on any atom is 0.254 e. The molecular formula is C20H21Cl3N2O2. The highest BCUT2D eigenvalue weighted by Crippen LogP contribution is 2.30. The number of nitrogens with two attached hydrogens (primary N) is 1. The number of nitrogens with zero attached hydrogens (tertiary/aromatic N) is 1. The molecule has 2 aromatic carbocycles. The molecule has 0 saturated carbocycles. The SMILES string of the molecule is CC1(CN)CCN(C(=O)c2ccccc2C(=O)c2ccc(Cl)c(Cl)c2)C1.Cl. The molecule has 0 aromatic heterocycles. The number of likely N-dealkylation sites (tertiary alicyclic amines) is 1. The molecule has 1 atom stereocenters. The van der Waals surface area contributed by atoms with Crippen molar-refractivity contribution in [1.29, 1.82) is 0 Å². The molecule has 0 aliphatic carbocycles. The van der Waals surface area contributed by atoms with Crippen molar-refractivity contribution in [2.75, 3.05) is 19.6 Å². The number of carbonyl (C=O) groups is 2. The van der Waals surface area contributed by atoms with E-state index in [1.54, 1.807) is 41.3 Å². The first-order valence-electron chi connectivity index (χ1n) is 8.43. The molecule has 1 amide bonds. The summed E-state index contributed by atoms with van der Waals surface area (Å²) in [6.07, 6.45) is 0.859. The van der Waals surface area contributed by atoms with E-state index < -0.39 is 0 Å². The first-order chi connectivity index (χ1) is 12.3. The van der Waals surface area contributed by atoms with Crippen molar-refractivity contribution in [2.45, 2.75) is 13.3 Å². The van der Waals surface area contributed by atoms with Crippen LogP contribution in [0.1, 0.15) is 39.6 Å². The van der Waals surface area contributed by atoms with Gasteiger partial charge in [0.15, 0.2) is 5.78 Å². The van der Waals surface area contributed by atoms with Gasteiger partial charge in [-0.05, 0) is 42.6 Å². The normalized spacial score (nSPS) is 18.9. The van der Waals surface area contributed by atoms with Crippen LogP contribution in [0.4, 0.5) is 0 Å². The van der Waals surface area contributed by atoms with Crippen molar-refractivity contribution in [3.05, 3.63) is 69.2 Å². The minimum atomic E-state index is -0.256. The number of halogens is 3. The maximum absolute atomic E-state index is 13.0. The van der Waals surface area contributed by atoms with E-state index in [4.69, 9.17) is 28.9 Å². The Labute approximate surface area is 175 Å². The molecule has 1 fully saturated rings. The average molecular weight is 428 g/mol. The molecule has 1 aliphatic heterocycles. The molecule has 1 aliphatic rings. The number of hydrogen-bond acceptors (Lipinski definition) is 3. The van der Waals surface area contributed by atoms with Gasteiger partial charge in [-0.1, -0.05) is 48.3 Å². The smallest absolute Gasteiger partial charge is 0.254 e. The molecule has 0 bridgehead atoms. The summed E-state index contributed by atoms with van der Waals surface area (Å²) in [6, 6.07) is 11.6. The van der Waals surface area contributed by atoms with Crippen molar-refractivity contribution in [2.24, 2.45) is 11.1 Å². The van der Waals surface area contributed by atoms with Gasteiger partial charge in [0.05, 0.1) is 15.6 Å². The topological polar surface area (TPSA) is 63.4 Å². The van der Waals surface area contributed by atoms with Gasteiger partial charge in [0.2, 0.25) is 0 Å². The van der Waals surface area contributed by atoms with Crippen LogP contribution in [0, 0.1) is 5.41 Å². The number of rotatable bonds is 4. The van der Waals surface area contributed by atoms with Crippen LogP contribution in [0.5, 0.6) is 0 Å². The number of carbonyl (C=O) groups excluding carboxylic acids is 2. The van der Waals surface area contributed by atoms with Crippen LogP contribution >= 0.6 is 35.6 Å². The molecule has 1 heterocycles. The lowest BCUT2D eigenvalue weighted by molar-refractivity contribution is 0.0772. The van der Waals surface area contributed by atoms with E-state index in [-0.39, 0.29) is 29.5 Å². The number of ketones is 1. The van der Waals surface area contributed by atoms with E-state index in [1.165, 1.54) is 6.07 Å². The lowest BCUT2D eigenvalue weighted by atomic mass is 9.90. The minimum absolute atomic E-state index is 0. The van der Waals surface area contributed by atoms with Crippen molar-refractivity contribution >= 4 is 47.3 Å². The van der Waals surface area contributed by atoms with Crippen LogP contribution in [0.3, 0.4) is 0 Å². The molecule has 1 unspecified atom stereocenters. The highest BCUT2D eigenvalue weighted by atomic mass is 35.5. The summed E-state index contributed by atoms with van der Waals surface area (Å²) in [4.78, 5) is 27.7. The summed E-state index contributed by atoms with van der Waals surface area (Å²) in [5.74, 6) is -0.403. The Morgan fingerprint density at radius 2 is 1.78 bits per heavy atom. The molecule has 0 spiro atoms. The van der Waals surface area contributed by atoms with E-state index in [9.17, 15) is 9.59 Å². The molecule has 7 heteroatoms. The van der Waals surface area contributed by atoms with Crippen LogP contribution in [-0.4, -0.2) is 36.2 Å². The van der Waals surface area contributed by atoms with Crippen LogP contribution in [0.15, 0.2) is 42.5 Å². The Morgan fingerprint density at radius 3 is 2.37 bits per heavy atom. The number of hydrogen-bond donors (Lipinski definition) is 1. The molecular weight excluding hydrogens is 407 g/mol. The zero-order valence-electron chi connectivity index (χ0n) is 14.9. The largest absolute Gasteiger partial charge is 0.338 e. The van der Waals surface area contributed by atoms with Crippen molar-refractivity contribution in [3.8, 4) is 0 Å². The highest BCUT2D eigenvalue weighted by Gasteiger charge is 2.36. The third-order valence-electron chi connectivity index (χ3n) is 4.92. The van der Waals surface area contributed by atoms with E-state index in [0.29, 0.717) is 46.4 Å². The van der Waals surface area contributed by atoms with E-state index in [0.717, 1.165) is 6.42 Å². The van der Waals surface area contributed by atoms with Crippen molar-refractivity contribution in [1.82, 2.24) is 4.90 Å². The second-order valence-electron chi connectivity index (χ2n) is 7.00. The molecule has 4 nitrogen and oxygen atoms in total. The van der Waals surface area contributed by atoms with E-state index in [1.807, 2.05) is 0 Å². The van der Waals surface area contributed by atoms with Crippen molar-refractivity contribution in [3.63, 3.8) is 0 Å². The summed E-state index contributed by atoms with van der Waals surface area (Å²) in [5, 5.41) is 0.685. The summed E-state index contributed by atoms with van der Waals surface area (Å²) in [6.45, 7) is 3.84. The monoisotopic (exact) mass is 426 g/mol. The summed E-state index contributed by atoms with van der Waals surface area (Å²) >= 11 is 12.0. The second-order valence-corrected chi connectivity index (χ2v) is 7.81. The van der Waals surface area contributed by atoms with Gasteiger partial charge in [-0.15, -0.1) is 12.4 Å². The zero-order valence-corrected chi connectivity index (χ0v) is 17.2. The fourth-order valence-electron chi connectivity index (χ4n) is 3.19. The van der Waals surface area contributed by atoms with Gasteiger partial charge < -0.3 is 10.6 Å². The van der Waals surface area contributed by atoms with Crippen LogP contribution in [-0.2, 0) is 0 Å². The summed E-state index contributed by atoms with van der Waals surface area (Å²) < 4.78 is 0. The van der Waals surface area contributed by atoms with Gasteiger partial charge in [-0.3, -0.25) is 9.59 Å². The fraction of sp³-hybridized carbons (Fsp3) is 0.300. The van der Waals surface area contributed by atoms with E-state index >= 15 is 0 Å². The Morgan fingerprint density at radius 1 is 1.11 bits per heavy atom. The fourth-order valence-corrected chi connectivity index (χ4v) is 3.49. The standard InChI is InChI=1S/C20H20Cl2N2O2.ClH/c1-20(11-23)8-9-24(12-20)19(26)15-5-3-2-4-14(15)18(25)13-6-7-16(21)17(22)10-13;/h2-7,10H,8-9,11-12,23H2,1H3;1H. The van der Waals surface area contributed by atoms with Gasteiger partial charge in [0.1, 0.15) is 0 Å². The van der Waals surface area contributed by atoms with E-state index in [2.05, 4.69) is 6.92 Å². The van der Waals surface area contributed by atoms with Crippen LogP contribution in [0.2, 0.25) is 10.0 Å². The van der Waals surface area contributed by atoms with Crippen LogP contribution < -0.4 is 5.73 Å². The third kappa shape index (κ3) is 4.46. The molecule has 0 radical (unpaired) electrons. The molecule has 27 heavy (non-hydrogen) atoms. The Hall–Kier alpha value is -1.59. The Balaban J connectivity index is 0.00000261. The lowest BCUT2D eigenvalue weighted by Gasteiger charge is -2.23. The second kappa shape index (κ2) is 8.61. The predicted molar refractivity (Wildman–Crippen MR) is 111 cm³/mol. The molecule has 2 aromatic rings. The van der Waals surface area contributed by atoms with Gasteiger partial charge in [0, 0.05) is 24.2 Å². The molecule has 2 N–H and O–H groups in total. The lowest BCUT2D eigenvalue weighted by Crippen LogP contribution is -2.35. The Bertz CT molecular complexity index is 872. The number of benzene rings is 2. The first-order valence-corrected chi connectivity index (χ1v) is 9.18. The van der Waals surface area contributed by atoms with Gasteiger partial charge >= 0.3 is 0 Å². The molecule has 3 rings (SSSR count). The minimum Gasteiger partial charge on any atom is -0.338 e. The van der Waals surface area contributed by atoms with Crippen molar-refractivity contribution < 1.29 is 9.59 Å². The first kappa shape index (κ1) is 21.7. The Kier molecular flexibility index (Phi) is 6.92. The van der Waals surface area contributed by atoms with Crippen LogP contribution in [0.25, 0.3) is 0 Å². The van der Waals surface area contributed by atoms with Gasteiger partial charge in [-0.2, -0.15) is 0 Å². The van der Waals surface area contributed by atoms with Gasteiger partial charge in [-0.25, -0.2) is 0 Å². The zero-order chi connectivity index (χ0) is 18.9. The molecule has 144 valence electrons. The average Bonchev–Trinajstić information content (AvgIpc) is 3.06. The van der Waals surface area contributed by atoms with Gasteiger partial charge in [0.25, 0.3) is 5.91 Å². The third-order valence-corrected chi connectivity index (χ3v) is 5.66. The maximum atomic E-state index is 13.0. The number of amides is 1. The quantitative estimate of drug-likeness (QED) is 0.733.